The minimum atomic E-state index is 0.960. The summed E-state index contributed by atoms with van der Waals surface area (Å²) in [7, 11) is 0. The van der Waals surface area contributed by atoms with Gasteiger partial charge < -0.3 is 0 Å². The second-order valence-electron chi connectivity index (χ2n) is 7.42. The van der Waals surface area contributed by atoms with Crippen LogP contribution in [0.5, 0.6) is 0 Å². The molecule has 0 spiro atoms. The van der Waals surface area contributed by atoms with E-state index in [4.69, 9.17) is 4.98 Å². The zero-order chi connectivity index (χ0) is 18.2. The summed E-state index contributed by atoms with van der Waals surface area (Å²) in [6.07, 6.45) is 8.49. The van der Waals surface area contributed by atoms with Gasteiger partial charge in [0.25, 0.3) is 0 Å². The molecule has 4 aromatic heterocycles. The molecule has 4 heterocycles. The van der Waals surface area contributed by atoms with Crippen LogP contribution < -0.4 is 0 Å². The third-order valence-corrected chi connectivity index (χ3v) is 5.96. The van der Waals surface area contributed by atoms with Gasteiger partial charge in [0.05, 0.1) is 22.7 Å². The van der Waals surface area contributed by atoms with E-state index in [9.17, 15) is 0 Å². The van der Waals surface area contributed by atoms with Gasteiger partial charge >= 0.3 is 0 Å². The van der Waals surface area contributed by atoms with E-state index in [1.807, 2.05) is 24.7 Å². The van der Waals surface area contributed by atoms with Crippen LogP contribution >= 0.6 is 0 Å². The molecule has 6 aromatic rings. The molecule has 0 unspecified atom stereocenters. The van der Waals surface area contributed by atoms with Gasteiger partial charge in [0.15, 0.2) is 0 Å². The third kappa shape index (κ3) is 1.68. The summed E-state index contributed by atoms with van der Waals surface area (Å²) in [4.78, 5) is 13.7. The lowest BCUT2D eigenvalue weighted by molar-refractivity contribution is 1.26. The van der Waals surface area contributed by atoms with Crippen LogP contribution in [0.1, 0.15) is 11.1 Å². The molecule has 0 bridgehead atoms. The highest BCUT2D eigenvalue weighted by atomic mass is 15.0. The number of hydrogen-bond donors (Lipinski definition) is 0. The van der Waals surface area contributed by atoms with E-state index in [0.29, 0.717) is 0 Å². The number of imidazole rings is 1. The number of hydrogen-bond acceptors (Lipinski definition) is 3. The molecule has 1 aliphatic carbocycles. The van der Waals surface area contributed by atoms with Crippen molar-refractivity contribution in [1.82, 2.24) is 19.4 Å². The minimum Gasteiger partial charge on any atom is -0.290 e. The van der Waals surface area contributed by atoms with Crippen molar-refractivity contribution in [3.05, 3.63) is 84.4 Å². The standard InChI is InChI=1S/C24H14N4/c1-2-4-16-14(3-1)9-15-10-18-19(11-17(15)16)24-27-21-5-7-26-13-23(21)28(24)22-6-8-25-12-20(18)22/h1-8,10-13H,9H2. The number of nitrogens with zero attached hydrogens (tertiary/aromatic N) is 4. The molecule has 0 N–H and O–H groups in total. The van der Waals surface area contributed by atoms with Crippen molar-refractivity contribution in [1.29, 1.82) is 0 Å². The Kier molecular flexibility index (Phi) is 2.51. The van der Waals surface area contributed by atoms with Crippen molar-refractivity contribution in [3.63, 3.8) is 0 Å². The zero-order valence-electron chi connectivity index (χ0n) is 14.9. The Bertz CT molecular complexity index is 1590. The number of rotatable bonds is 0. The smallest absolute Gasteiger partial charge is 0.146 e. The first-order chi connectivity index (χ1) is 13.9. The number of pyridine rings is 3. The van der Waals surface area contributed by atoms with Gasteiger partial charge in [-0.25, -0.2) is 4.98 Å². The van der Waals surface area contributed by atoms with Crippen molar-refractivity contribution in [3.8, 4) is 11.1 Å². The Labute approximate surface area is 160 Å². The van der Waals surface area contributed by atoms with E-state index in [2.05, 4.69) is 56.8 Å². The lowest BCUT2D eigenvalue weighted by Gasteiger charge is -2.11. The van der Waals surface area contributed by atoms with Gasteiger partial charge in [-0.3, -0.25) is 14.4 Å². The zero-order valence-corrected chi connectivity index (χ0v) is 14.9. The molecule has 2 aromatic carbocycles. The van der Waals surface area contributed by atoms with Crippen LogP contribution in [0, 0.1) is 0 Å². The molecule has 0 fully saturated rings. The highest BCUT2D eigenvalue weighted by molar-refractivity contribution is 6.15. The summed E-state index contributed by atoms with van der Waals surface area (Å²) in [5.41, 5.74) is 9.50. The first-order valence-corrected chi connectivity index (χ1v) is 9.41. The van der Waals surface area contributed by atoms with Gasteiger partial charge in [0.2, 0.25) is 0 Å². The van der Waals surface area contributed by atoms with E-state index in [1.165, 1.54) is 27.6 Å². The van der Waals surface area contributed by atoms with Crippen molar-refractivity contribution in [2.24, 2.45) is 0 Å². The van der Waals surface area contributed by atoms with E-state index >= 15 is 0 Å². The van der Waals surface area contributed by atoms with E-state index in [1.54, 1.807) is 6.20 Å². The van der Waals surface area contributed by atoms with Crippen molar-refractivity contribution in [2.75, 3.05) is 0 Å². The Hall–Kier alpha value is -3.79. The number of fused-ring (bicyclic) bond motifs is 11. The third-order valence-electron chi connectivity index (χ3n) is 5.96. The lowest BCUT2D eigenvalue weighted by atomic mass is 9.99. The average molecular weight is 358 g/mol. The van der Waals surface area contributed by atoms with Crippen LogP contribution in [0.3, 0.4) is 0 Å². The fraction of sp³-hybridized carbons (Fsp3) is 0.0417. The topological polar surface area (TPSA) is 43.1 Å². The maximum absolute atomic E-state index is 4.98. The number of aromatic nitrogens is 4. The van der Waals surface area contributed by atoms with Crippen LogP contribution in [-0.4, -0.2) is 19.4 Å². The summed E-state index contributed by atoms with van der Waals surface area (Å²) in [6, 6.07) is 17.4. The molecule has 130 valence electrons. The Morgan fingerprint density at radius 3 is 2.61 bits per heavy atom. The first kappa shape index (κ1) is 14.3. The van der Waals surface area contributed by atoms with Gasteiger partial charge in [-0.2, -0.15) is 0 Å². The fourth-order valence-electron chi connectivity index (χ4n) is 4.73. The minimum absolute atomic E-state index is 0.960. The van der Waals surface area contributed by atoms with Crippen LogP contribution in [0.2, 0.25) is 0 Å². The Morgan fingerprint density at radius 1 is 0.714 bits per heavy atom. The normalized spacial score (nSPS) is 12.9. The summed E-state index contributed by atoms with van der Waals surface area (Å²) in [5, 5.41) is 3.52. The predicted octanol–water partition coefficient (Wildman–Crippen LogP) is 5.16. The van der Waals surface area contributed by atoms with Crippen LogP contribution in [-0.2, 0) is 6.42 Å². The summed E-state index contributed by atoms with van der Waals surface area (Å²) >= 11 is 0. The second kappa shape index (κ2) is 4.93. The maximum Gasteiger partial charge on any atom is 0.146 e. The molecule has 0 saturated heterocycles. The molecule has 0 saturated carbocycles. The first-order valence-electron chi connectivity index (χ1n) is 9.41. The predicted molar refractivity (Wildman–Crippen MR) is 112 cm³/mol. The maximum atomic E-state index is 4.98. The lowest BCUT2D eigenvalue weighted by Crippen LogP contribution is -1.93. The van der Waals surface area contributed by atoms with Crippen LogP contribution in [0.4, 0.5) is 0 Å². The molecule has 0 atom stereocenters. The fourth-order valence-corrected chi connectivity index (χ4v) is 4.73. The Balaban J connectivity index is 1.75. The molecule has 4 nitrogen and oxygen atoms in total. The quantitative estimate of drug-likeness (QED) is 0.352. The van der Waals surface area contributed by atoms with E-state index in [0.717, 1.165) is 39.4 Å². The van der Waals surface area contributed by atoms with Crippen LogP contribution in [0.15, 0.2) is 73.3 Å². The van der Waals surface area contributed by atoms with Gasteiger partial charge in [0, 0.05) is 29.4 Å². The van der Waals surface area contributed by atoms with E-state index in [-0.39, 0.29) is 0 Å². The molecular weight excluding hydrogens is 344 g/mol. The van der Waals surface area contributed by atoms with Gasteiger partial charge in [0.1, 0.15) is 5.65 Å². The van der Waals surface area contributed by atoms with Gasteiger partial charge in [-0.05, 0) is 58.3 Å². The molecule has 28 heavy (non-hydrogen) atoms. The molecule has 4 heteroatoms. The molecule has 7 rings (SSSR count). The monoisotopic (exact) mass is 358 g/mol. The summed E-state index contributed by atoms with van der Waals surface area (Å²) in [5.74, 6) is 0. The van der Waals surface area contributed by atoms with Crippen molar-refractivity contribution in [2.45, 2.75) is 6.42 Å². The molecular formula is C24H14N4. The molecule has 0 radical (unpaired) electrons. The SMILES string of the molecule is c1ccc2c(c1)Cc1cc3c4cnccc4n4c5cnccc5nc4c3cc1-2. The second-order valence-corrected chi connectivity index (χ2v) is 7.42. The van der Waals surface area contributed by atoms with E-state index < -0.39 is 0 Å². The number of benzene rings is 2. The Morgan fingerprint density at radius 2 is 1.61 bits per heavy atom. The van der Waals surface area contributed by atoms with Crippen LogP contribution in [0.25, 0.3) is 49.5 Å². The highest BCUT2D eigenvalue weighted by Gasteiger charge is 2.21. The largest absolute Gasteiger partial charge is 0.290 e. The van der Waals surface area contributed by atoms with Gasteiger partial charge in [-0.15, -0.1) is 0 Å². The van der Waals surface area contributed by atoms with Gasteiger partial charge in [-0.1, -0.05) is 24.3 Å². The van der Waals surface area contributed by atoms with Crippen molar-refractivity contribution >= 4 is 38.4 Å². The summed E-state index contributed by atoms with van der Waals surface area (Å²) in [6.45, 7) is 0. The molecule has 1 aliphatic rings. The molecule has 0 aliphatic heterocycles. The average Bonchev–Trinajstić information content (AvgIpc) is 3.31. The van der Waals surface area contributed by atoms with Crippen molar-refractivity contribution < 1.29 is 0 Å². The summed E-state index contributed by atoms with van der Waals surface area (Å²) < 4.78 is 2.22. The highest BCUT2D eigenvalue weighted by Crippen LogP contribution is 2.41. The molecule has 0 amide bonds.